The van der Waals surface area contributed by atoms with Crippen LogP contribution in [0.3, 0.4) is 0 Å². The summed E-state index contributed by atoms with van der Waals surface area (Å²) in [7, 11) is -3.25. The minimum Gasteiger partial charge on any atom is -0.494 e. The standard InChI is InChI=1S/C20H25NO4S2/c1-2-3-13-25-17-8-6-16(7-9-17)20(22)21-11-10-19(18-5-4-14-26-18)27(23,24)15-12-21/h4-9,14,19H,2-3,10-13,15H2,1H3. The van der Waals surface area contributed by atoms with Crippen LogP contribution in [0.1, 0.15) is 46.7 Å². The summed E-state index contributed by atoms with van der Waals surface area (Å²) < 4.78 is 30.9. The van der Waals surface area contributed by atoms with E-state index in [1.807, 2.05) is 17.5 Å². The Balaban J connectivity index is 1.67. The summed E-state index contributed by atoms with van der Waals surface area (Å²) in [6.07, 6.45) is 2.50. The van der Waals surface area contributed by atoms with Gasteiger partial charge in [-0.3, -0.25) is 4.79 Å². The Bertz CT molecular complexity index is 845. The van der Waals surface area contributed by atoms with Crippen molar-refractivity contribution in [3.63, 3.8) is 0 Å². The molecule has 1 unspecified atom stereocenters. The van der Waals surface area contributed by atoms with Crippen LogP contribution < -0.4 is 4.74 Å². The third kappa shape index (κ3) is 4.90. The lowest BCUT2D eigenvalue weighted by Crippen LogP contribution is -2.33. The van der Waals surface area contributed by atoms with E-state index in [-0.39, 0.29) is 18.2 Å². The first-order valence-corrected chi connectivity index (χ1v) is 11.9. The number of amides is 1. The Kier molecular flexibility index (Phi) is 6.55. The van der Waals surface area contributed by atoms with E-state index >= 15 is 0 Å². The predicted octanol–water partition coefficient (Wildman–Crippen LogP) is 3.93. The molecule has 0 radical (unpaired) electrons. The smallest absolute Gasteiger partial charge is 0.253 e. The van der Waals surface area contributed by atoms with Gasteiger partial charge in [0.25, 0.3) is 5.91 Å². The Hall–Kier alpha value is -1.86. The molecule has 1 saturated heterocycles. The number of carbonyl (C=O) groups is 1. The van der Waals surface area contributed by atoms with Crippen LogP contribution in [0.2, 0.25) is 0 Å². The second-order valence-electron chi connectivity index (χ2n) is 6.68. The van der Waals surface area contributed by atoms with Crippen molar-refractivity contribution in [2.75, 3.05) is 25.4 Å². The Morgan fingerprint density at radius 2 is 2.00 bits per heavy atom. The van der Waals surface area contributed by atoms with Crippen LogP contribution in [0.4, 0.5) is 0 Å². The van der Waals surface area contributed by atoms with E-state index in [9.17, 15) is 13.2 Å². The van der Waals surface area contributed by atoms with Crippen LogP contribution in [0.5, 0.6) is 5.75 Å². The highest BCUT2D eigenvalue weighted by Crippen LogP contribution is 2.32. The van der Waals surface area contributed by atoms with Crippen LogP contribution >= 0.6 is 11.3 Å². The van der Waals surface area contributed by atoms with Gasteiger partial charge in [0.2, 0.25) is 0 Å². The van der Waals surface area contributed by atoms with Crippen molar-refractivity contribution in [1.82, 2.24) is 4.90 Å². The molecule has 1 aromatic heterocycles. The highest BCUT2D eigenvalue weighted by molar-refractivity contribution is 7.91. The maximum atomic E-state index is 12.8. The van der Waals surface area contributed by atoms with Gasteiger partial charge in [-0.15, -0.1) is 11.3 Å². The summed E-state index contributed by atoms with van der Waals surface area (Å²) in [6, 6.07) is 10.8. The fourth-order valence-corrected chi connectivity index (χ4v) is 6.16. The van der Waals surface area contributed by atoms with Crippen molar-refractivity contribution in [2.45, 2.75) is 31.4 Å². The van der Waals surface area contributed by atoms with Gasteiger partial charge in [0.15, 0.2) is 9.84 Å². The number of unbranched alkanes of at least 4 members (excludes halogenated alkanes) is 1. The highest BCUT2D eigenvalue weighted by atomic mass is 32.2. The number of rotatable bonds is 6. The molecule has 2 aromatic rings. The third-order valence-corrected chi connectivity index (χ3v) is 8.00. The maximum absolute atomic E-state index is 12.8. The van der Waals surface area contributed by atoms with Crippen LogP contribution in [-0.4, -0.2) is 44.7 Å². The van der Waals surface area contributed by atoms with Gasteiger partial charge in [-0.25, -0.2) is 8.42 Å². The van der Waals surface area contributed by atoms with Gasteiger partial charge < -0.3 is 9.64 Å². The summed E-state index contributed by atoms with van der Waals surface area (Å²) in [5.41, 5.74) is 0.560. The predicted molar refractivity (Wildman–Crippen MR) is 108 cm³/mol. The number of carbonyl (C=O) groups excluding carboxylic acids is 1. The van der Waals surface area contributed by atoms with Gasteiger partial charge in [0, 0.05) is 23.5 Å². The van der Waals surface area contributed by atoms with E-state index in [1.165, 1.54) is 11.3 Å². The lowest BCUT2D eigenvalue weighted by atomic mass is 10.1. The normalized spacial score (nSPS) is 19.4. The molecule has 0 aliphatic carbocycles. The van der Waals surface area contributed by atoms with Crippen molar-refractivity contribution in [3.8, 4) is 5.75 Å². The topological polar surface area (TPSA) is 63.7 Å². The molecule has 2 heterocycles. The molecular weight excluding hydrogens is 382 g/mol. The first-order chi connectivity index (χ1) is 13.0. The van der Waals surface area contributed by atoms with E-state index in [0.29, 0.717) is 25.1 Å². The van der Waals surface area contributed by atoms with Gasteiger partial charge in [0.1, 0.15) is 5.75 Å². The molecule has 1 atom stereocenters. The average Bonchev–Trinajstić information content (AvgIpc) is 3.13. The highest BCUT2D eigenvalue weighted by Gasteiger charge is 2.33. The van der Waals surface area contributed by atoms with Gasteiger partial charge in [-0.05, 0) is 48.6 Å². The Morgan fingerprint density at radius 3 is 2.67 bits per heavy atom. The summed E-state index contributed by atoms with van der Waals surface area (Å²) in [5.74, 6) is 0.618. The zero-order valence-electron chi connectivity index (χ0n) is 15.5. The fourth-order valence-electron chi connectivity index (χ4n) is 3.15. The quantitative estimate of drug-likeness (QED) is 0.681. The van der Waals surface area contributed by atoms with Gasteiger partial charge in [-0.2, -0.15) is 0 Å². The Labute approximate surface area is 164 Å². The first-order valence-electron chi connectivity index (χ1n) is 9.28. The van der Waals surface area contributed by atoms with Gasteiger partial charge in [-0.1, -0.05) is 19.4 Å². The van der Waals surface area contributed by atoms with Crippen molar-refractivity contribution in [2.24, 2.45) is 0 Å². The van der Waals surface area contributed by atoms with E-state index in [4.69, 9.17) is 4.74 Å². The van der Waals surface area contributed by atoms with Crippen molar-refractivity contribution in [1.29, 1.82) is 0 Å². The van der Waals surface area contributed by atoms with Crippen LogP contribution in [0, 0.1) is 0 Å². The summed E-state index contributed by atoms with van der Waals surface area (Å²) in [4.78, 5) is 15.3. The zero-order valence-corrected chi connectivity index (χ0v) is 17.1. The number of benzene rings is 1. The maximum Gasteiger partial charge on any atom is 0.253 e. The van der Waals surface area contributed by atoms with Gasteiger partial charge >= 0.3 is 0 Å². The number of thiophene rings is 1. The van der Waals surface area contributed by atoms with E-state index in [2.05, 4.69) is 6.92 Å². The zero-order chi connectivity index (χ0) is 19.3. The molecule has 0 N–H and O–H groups in total. The lowest BCUT2D eigenvalue weighted by Gasteiger charge is -2.20. The number of sulfone groups is 1. The molecule has 0 bridgehead atoms. The molecule has 1 aliphatic heterocycles. The lowest BCUT2D eigenvalue weighted by molar-refractivity contribution is 0.0766. The monoisotopic (exact) mass is 407 g/mol. The average molecular weight is 408 g/mol. The van der Waals surface area contributed by atoms with Crippen LogP contribution in [0.25, 0.3) is 0 Å². The molecular formula is C20H25NO4S2. The van der Waals surface area contributed by atoms with Crippen molar-refractivity contribution in [3.05, 3.63) is 52.2 Å². The fraction of sp³-hybridized carbons (Fsp3) is 0.450. The second kappa shape index (κ2) is 8.89. The third-order valence-electron chi connectivity index (χ3n) is 4.76. The molecule has 1 fully saturated rings. The molecule has 1 aliphatic rings. The summed E-state index contributed by atoms with van der Waals surface area (Å²) in [6.45, 7) is 3.45. The number of hydrogen-bond donors (Lipinski definition) is 0. The molecule has 5 nitrogen and oxygen atoms in total. The van der Waals surface area contributed by atoms with E-state index in [1.54, 1.807) is 29.2 Å². The van der Waals surface area contributed by atoms with Gasteiger partial charge in [0.05, 0.1) is 17.6 Å². The molecule has 3 rings (SSSR count). The van der Waals surface area contributed by atoms with Crippen molar-refractivity contribution >= 4 is 27.1 Å². The molecule has 27 heavy (non-hydrogen) atoms. The molecule has 1 aromatic carbocycles. The van der Waals surface area contributed by atoms with E-state index in [0.717, 1.165) is 23.5 Å². The molecule has 1 amide bonds. The van der Waals surface area contributed by atoms with Crippen molar-refractivity contribution < 1.29 is 17.9 Å². The SMILES string of the molecule is CCCCOc1ccc(C(=O)N2CCC(c3cccs3)S(=O)(=O)CC2)cc1. The van der Waals surface area contributed by atoms with Crippen LogP contribution in [-0.2, 0) is 9.84 Å². The van der Waals surface area contributed by atoms with E-state index < -0.39 is 15.1 Å². The Morgan fingerprint density at radius 1 is 1.22 bits per heavy atom. The second-order valence-corrected chi connectivity index (χ2v) is 9.96. The summed E-state index contributed by atoms with van der Waals surface area (Å²) in [5, 5.41) is 1.38. The minimum atomic E-state index is -3.25. The molecule has 7 heteroatoms. The number of hydrogen-bond acceptors (Lipinski definition) is 5. The summed E-state index contributed by atoms with van der Waals surface area (Å²) >= 11 is 1.46. The minimum absolute atomic E-state index is 0.000477. The first kappa shape index (κ1) is 19.9. The number of ether oxygens (including phenoxy) is 1. The number of nitrogens with zero attached hydrogens (tertiary/aromatic N) is 1. The molecule has 0 spiro atoms. The molecule has 146 valence electrons. The largest absolute Gasteiger partial charge is 0.494 e. The molecule has 0 saturated carbocycles. The van der Waals surface area contributed by atoms with Crippen LogP contribution in [0.15, 0.2) is 41.8 Å².